The molecule has 3 heterocycles. The Morgan fingerprint density at radius 3 is 2.55 bits per heavy atom. The zero-order valence-electron chi connectivity index (χ0n) is 16.6. The van der Waals surface area contributed by atoms with Gasteiger partial charge >= 0.3 is 0 Å². The van der Waals surface area contributed by atoms with Crippen LogP contribution in [0.1, 0.15) is 37.4 Å². The normalized spacial score (nSPS) is 23.1. The van der Waals surface area contributed by atoms with Crippen molar-refractivity contribution in [2.75, 3.05) is 24.5 Å². The maximum absolute atomic E-state index is 13.3. The van der Waals surface area contributed by atoms with E-state index in [0.29, 0.717) is 43.0 Å². The molecule has 3 aliphatic rings. The Labute approximate surface area is 169 Å². The molecule has 1 aliphatic carbocycles. The van der Waals surface area contributed by atoms with Crippen LogP contribution in [0.2, 0.25) is 0 Å². The number of rotatable bonds is 4. The number of anilines is 1. The van der Waals surface area contributed by atoms with E-state index >= 15 is 0 Å². The maximum Gasteiger partial charge on any atom is 0.229 e. The van der Waals surface area contributed by atoms with Crippen LogP contribution < -0.4 is 9.64 Å². The Balaban J connectivity index is 1.47. The number of benzene rings is 1. The lowest BCUT2D eigenvalue weighted by atomic mass is 10.1. The molecular formula is C22H25FN4O2. The number of fused-ring (bicyclic) bond motifs is 1. The van der Waals surface area contributed by atoms with E-state index in [9.17, 15) is 9.18 Å². The molecule has 2 atom stereocenters. The first-order valence-electron chi connectivity index (χ1n) is 10.5. The van der Waals surface area contributed by atoms with E-state index in [1.54, 1.807) is 12.1 Å². The Hall–Kier alpha value is -2.70. The van der Waals surface area contributed by atoms with Gasteiger partial charge in [-0.1, -0.05) is 6.92 Å². The van der Waals surface area contributed by atoms with Gasteiger partial charge in [-0.2, -0.15) is 4.98 Å². The number of nitrogens with zero attached hydrogens (tertiary/aromatic N) is 4. The van der Waals surface area contributed by atoms with E-state index in [-0.39, 0.29) is 17.6 Å². The minimum Gasteiger partial charge on any atom is -0.438 e. The third-order valence-corrected chi connectivity index (χ3v) is 6.17. The lowest BCUT2D eigenvalue weighted by molar-refractivity contribution is -0.133. The van der Waals surface area contributed by atoms with E-state index < -0.39 is 0 Å². The summed E-state index contributed by atoms with van der Waals surface area (Å²) in [6, 6.07) is 5.93. The first kappa shape index (κ1) is 18.3. The van der Waals surface area contributed by atoms with E-state index in [1.807, 2.05) is 4.90 Å². The Morgan fingerprint density at radius 1 is 1.14 bits per heavy atom. The standard InChI is InChI=1S/C22H25FN4O2/c1-14-12-17(14)21(28)27-11-8-19-18(13-27)20(29-16-6-4-15(23)5-7-16)25-22(24-19)26-9-2-3-10-26/h4-7,14,17H,2-3,8-13H2,1H3/t14-,17+/m1/s1. The molecular weight excluding hydrogens is 371 g/mol. The van der Waals surface area contributed by atoms with Crippen LogP contribution in [-0.2, 0) is 17.8 Å². The summed E-state index contributed by atoms with van der Waals surface area (Å²) in [7, 11) is 0. The molecule has 0 N–H and O–H groups in total. The number of hydrogen-bond donors (Lipinski definition) is 0. The number of aromatic nitrogens is 2. The van der Waals surface area contributed by atoms with Crippen molar-refractivity contribution < 1.29 is 13.9 Å². The number of carbonyl (C=O) groups excluding carboxylic acids is 1. The third-order valence-electron chi connectivity index (χ3n) is 6.17. The minimum absolute atomic E-state index is 0.155. The molecule has 1 aromatic carbocycles. The van der Waals surface area contributed by atoms with Gasteiger partial charge in [-0.05, 0) is 49.4 Å². The molecule has 0 radical (unpaired) electrons. The summed E-state index contributed by atoms with van der Waals surface area (Å²) in [5.41, 5.74) is 1.82. The molecule has 2 aromatic rings. The molecule has 1 saturated heterocycles. The maximum atomic E-state index is 13.3. The fraction of sp³-hybridized carbons (Fsp3) is 0.500. The van der Waals surface area contributed by atoms with E-state index in [0.717, 1.165) is 43.6 Å². The van der Waals surface area contributed by atoms with E-state index in [4.69, 9.17) is 14.7 Å². The molecule has 0 bridgehead atoms. The second-order valence-corrected chi connectivity index (χ2v) is 8.33. The van der Waals surface area contributed by atoms with Gasteiger partial charge in [0.2, 0.25) is 17.7 Å². The minimum atomic E-state index is -0.310. The molecule has 1 saturated carbocycles. The van der Waals surface area contributed by atoms with Gasteiger partial charge in [-0.15, -0.1) is 0 Å². The van der Waals surface area contributed by atoms with Gasteiger partial charge in [-0.25, -0.2) is 9.37 Å². The molecule has 0 spiro atoms. The molecule has 2 fully saturated rings. The average molecular weight is 396 g/mol. The van der Waals surface area contributed by atoms with E-state index in [1.165, 1.54) is 12.1 Å². The van der Waals surface area contributed by atoms with Crippen LogP contribution >= 0.6 is 0 Å². The van der Waals surface area contributed by atoms with Crippen molar-refractivity contribution in [3.8, 4) is 11.6 Å². The van der Waals surface area contributed by atoms with Crippen LogP contribution in [0.25, 0.3) is 0 Å². The largest absolute Gasteiger partial charge is 0.438 e. The summed E-state index contributed by atoms with van der Waals surface area (Å²) < 4.78 is 19.4. The molecule has 152 valence electrons. The lowest BCUT2D eigenvalue weighted by Gasteiger charge is -2.30. The summed E-state index contributed by atoms with van der Waals surface area (Å²) in [5.74, 6) is 2.24. The second-order valence-electron chi connectivity index (χ2n) is 8.33. The monoisotopic (exact) mass is 396 g/mol. The first-order valence-corrected chi connectivity index (χ1v) is 10.5. The highest BCUT2D eigenvalue weighted by molar-refractivity contribution is 5.82. The van der Waals surface area contributed by atoms with Gasteiger partial charge in [0, 0.05) is 32.0 Å². The van der Waals surface area contributed by atoms with Crippen molar-refractivity contribution in [3.63, 3.8) is 0 Å². The van der Waals surface area contributed by atoms with Crippen LogP contribution in [0.5, 0.6) is 11.6 Å². The van der Waals surface area contributed by atoms with Crippen LogP contribution in [0.3, 0.4) is 0 Å². The summed E-state index contributed by atoms with van der Waals surface area (Å²) in [6.07, 6.45) is 3.95. The number of amides is 1. The topological polar surface area (TPSA) is 58.6 Å². The third kappa shape index (κ3) is 3.66. The predicted molar refractivity (Wildman–Crippen MR) is 106 cm³/mol. The highest BCUT2D eigenvalue weighted by atomic mass is 19.1. The van der Waals surface area contributed by atoms with Crippen molar-refractivity contribution in [1.82, 2.24) is 14.9 Å². The Morgan fingerprint density at radius 2 is 1.86 bits per heavy atom. The highest BCUT2D eigenvalue weighted by Gasteiger charge is 2.42. The van der Waals surface area contributed by atoms with Crippen LogP contribution in [0, 0.1) is 17.7 Å². The van der Waals surface area contributed by atoms with Crippen molar-refractivity contribution >= 4 is 11.9 Å². The Kier molecular flexibility index (Phi) is 4.60. The molecule has 6 nitrogen and oxygen atoms in total. The molecule has 1 amide bonds. The lowest BCUT2D eigenvalue weighted by Crippen LogP contribution is -2.38. The smallest absolute Gasteiger partial charge is 0.229 e. The first-order chi connectivity index (χ1) is 14.1. The molecule has 7 heteroatoms. The zero-order chi connectivity index (χ0) is 20.0. The van der Waals surface area contributed by atoms with Crippen molar-refractivity contribution in [1.29, 1.82) is 0 Å². The van der Waals surface area contributed by atoms with Crippen LogP contribution in [0.4, 0.5) is 10.3 Å². The summed E-state index contributed by atoms with van der Waals surface area (Å²) in [4.78, 5) is 26.4. The molecule has 0 unspecified atom stereocenters. The quantitative estimate of drug-likeness (QED) is 0.791. The zero-order valence-corrected chi connectivity index (χ0v) is 16.6. The fourth-order valence-electron chi connectivity index (χ4n) is 4.22. The summed E-state index contributed by atoms with van der Waals surface area (Å²) >= 11 is 0. The summed E-state index contributed by atoms with van der Waals surface area (Å²) in [5, 5.41) is 0. The number of halogens is 1. The number of carbonyl (C=O) groups is 1. The predicted octanol–water partition coefficient (Wildman–Crippen LogP) is 3.55. The molecule has 1 aromatic heterocycles. The highest BCUT2D eigenvalue weighted by Crippen LogP contribution is 2.41. The van der Waals surface area contributed by atoms with Gasteiger partial charge < -0.3 is 14.5 Å². The molecule has 29 heavy (non-hydrogen) atoms. The number of hydrogen-bond acceptors (Lipinski definition) is 5. The van der Waals surface area contributed by atoms with Crippen molar-refractivity contribution in [2.24, 2.45) is 11.8 Å². The van der Waals surface area contributed by atoms with Gasteiger partial charge in [-0.3, -0.25) is 4.79 Å². The number of ether oxygens (including phenoxy) is 1. The average Bonchev–Trinajstić information content (AvgIpc) is 3.22. The van der Waals surface area contributed by atoms with Gasteiger partial charge in [0.25, 0.3) is 0 Å². The summed E-state index contributed by atoms with van der Waals surface area (Å²) in [6.45, 7) is 5.16. The molecule has 2 aliphatic heterocycles. The van der Waals surface area contributed by atoms with Crippen LogP contribution in [-0.4, -0.2) is 40.4 Å². The fourth-order valence-corrected chi connectivity index (χ4v) is 4.22. The van der Waals surface area contributed by atoms with Gasteiger partial charge in [0.1, 0.15) is 11.6 Å². The van der Waals surface area contributed by atoms with Crippen LogP contribution in [0.15, 0.2) is 24.3 Å². The SMILES string of the molecule is C[C@@H]1C[C@@H]1C(=O)N1CCc2nc(N3CCCC3)nc(Oc3ccc(F)cc3)c2C1. The van der Waals surface area contributed by atoms with E-state index in [2.05, 4.69) is 11.8 Å². The molecule has 5 rings (SSSR count). The second kappa shape index (κ2) is 7.28. The van der Waals surface area contributed by atoms with Gasteiger partial charge in [0.05, 0.1) is 17.8 Å². The Bertz CT molecular complexity index is 927. The van der Waals surface area contributed by atoms with Crippen molar-refractivity contribution in [3.05, 3.63) is 41.3 Å². The van der Waals surface area contributed by atoms with Crippen molar-refractivity contribution in [2.45, 2.75) is 39.2 Å². The van der Waals surface area contributed by atoms with Gasteiger partial charge in [0.15, 0.2) is 0 Å².